The van der Waals surface area contributed by atoms with Crippen LogP contribution < -0.4 is 0 Å². The number of rotatable bonds is 2. The summed E-state index contributed by atoms with van der Waals surface area (Å²) in [7, 11) is 0. The molecule has 15 heavy (non-hydrogen) atoms. The molecule has 0 aromatic heterocycles. The molecule has 0 fully saturated rings. The molecular weight excluding hydrogens is 180 g/mol. The van der Waals surface area contributed by atoms with Crippen molar-refractivity contribution in [1.82, 2.24) is 0 Å². The van der Waals surface area contributed by atoms with Crippen LogP contribution in [0, 0.1) is 19.9 Å². The average molecular weight is 195 g/mol. The average Bonchev–Trinajstić information content (AvgIpc) is 2.26. The predicted octanol–water partition coefficient (Wildman–Crippen LogP) is 3.69. The molecule has 0 heterocycles. The third-order valence-corrected chi connectivity index (χ3v) is 2.87. The Morgan fingerprint density at radius 1 is 1.00 bits per heavy atom. The molecule has 0 saturated heterocycles. The minimum Gasteiger partial charge on any atom is -0.0619 e. The maximum Gasteiger partial charge on any atom is -0.00169 e. The third-order valence-electron chi connectivity index (χ3n) is 2.87. The van der Waals surface area contributed by atoms with Crippen LogP contribution >= 0.6 is 0 Å². The van der Waals surface area contributed by atoms with E-state index in [2.05, 4.69) is 50.2 Å². The summed E-state index contributed by atoms with van der Waals surface area (Å²) >= 11 is 0. The zero-order chi connectivity index (χ0) is 10.7. The molecule has 1 radical (unpaired) electrons. The van der Waals surface area contributed by atoms with E-state index in [9.17, 15) is 0 Å². The summed E-state index contributed by atoms with van der Waals surface area (Å²) in [5, 5.41) is 0. The van der Waals surface area contributed by atoms with Crippen molar-refractivity contribution in [3.8, 4) is 0 Å². The molecular formula is C15H15. The highest BCUT2D eigenvalue weighted by Gasteiger charge is 2.01. The van der Waals surface area contributed by atoms with Crippen molar-refractivity contribution < 1.29 is 0 Å². The van der Waals surface area contributed by atoms with Crippen molar-refractivity contribution in [3.63, 3.8) is 0 Å². The number of hydrogen-bond acceptors (Lipinski definition) is 0. The van der Waals surface area contributed by atoms with Gasteiger partial charge in [-0.15, -0.1) is 0 Å². The number of benzene rings is 2. The summed E-state index contributed by atoms with van der Waals surface area (Å²) in [5.74, 6) is 0. The lowest BCUT2D eigenvalue weighted by Gasteiger charge is -2.08. The molecule has 0 amide bonds. The zero-order valence-corrected chi connectivity index (χ0v) is 9.25. The lowest BCUT2D eigenvalue weighted by molar-refractivity contribution is 1.13. The van der Waals surface area contributed by atoms with Gasteiger partial charge in [0, 0.05) is 0 Å². The first-order valence-electron chi connectivity index (χ1n) is 5.28. The van der Waals surface area contributed by atoms with Crippen molar-refractivity contribution in [3.05, 3.63) is 70.8 Å². The molecule has 2 rings (SSSR count). The van der Waals surface area contributed by atoms with Gasteiger partial charge < -0.3 is 0 Å². The summed E-state index contributed by atoms with van der Waals surface area (Å²) in [4.78, 5) is 0. The van der Waals surface area contributed by atoms with Gasteiger partial charge in [0.2, 0.25) is 0 Å². The summed E-state index contributed by atoms with van der Waals surface area (Å²) in [6, 6.07) is 17.9. The Hall–Kier alpha value is -1.56. The van der Waals surface area contributed by atoms with Gasteiger partial charge >= 0.3 is 0 Å². The number of hydrogen-bond donors (Lipinski definition) is 0. The summed E-state index contributed by atoms with van der Waals surface area (Å²) in [6.45, 7) is 4.35. The van der Waals surface area contributed by atoms with Crippen molar-refractivity contribution >= 4 is 0 Å². The van der Waals surface area contributed by atoms with Gasteiger partial charge in [0.05, 0.1) is 0 Å². The Morgan fingerprint density at radius 3 is 2.60 bits per heavy atom. The Kier molecular flexibility index (Phi) is 2.86. The van der Waals surface area contributed by atoms with Crippen LogP contribution in [0.3, 0.4) is 0 Å². The Bertz CT molecular complexity index is 441. The Balaban J connectivity index is 2.29. The standard InChI is InChI=1S/C15H15/c1-12-7-6-10-15(13(12)2)11-14-8-4-3-5-9-14/h3-8,10H,11H2,1-2H3. The van der Waals surface area contributed by atoms with Gasteiger partial charge in [-0.2, -0.15) is 0 Å². The quantitative estimate of drug-likeness (QED) is 0.685. The third kappa shape index (κ3) is 2.27. The first-order chi connectivity index (χ1) is 7.27. The second-order valence-corrected chi connectivity index (χ2v) is 3.92. The van der Waals surface area contributed by atoms with Gasteiger partial charge in [-0.1, -0.05) is 42.5 Å². The smallest absolute Gasteiger partial charge is 0.00169 e. The van der Waals surface area contributed by atoms with E-state index in [1.165, 1.54) is 22.3 Å². The lowest BCUT2D eigenvalue weighted by Crippen LogP contribution is -1.93. The summed E-state index contributed by atoms with van der Waals surface area (Å²) in [5.41, 5.74) is 5.42. The van der Waals surface area contributed by atoms with Crippen LogP contribution in [0.15, 0.2) is 42.5 Å². The van der Waals surface area contributed by atoms with E-state index in [4.69, 9.17) is 0 Å². The fraction of sp³-hybridized carbons (Fsp3) is 0.200. The molecule has 0 spiro atoms. The van der Waals surface area contributed by atoms with Crippen LogP contribution in [-0.2, 0) is 6.42 Å². The maximum absolute atomic E-state index is 3.26. The molecule has 75 valence electrons. The fourth-order valence-electron chi connectivity index (χ4n) is 1.75. The predicted molar refractivity (Wildman–Crippen MR) is 64.0 cm³/mol. The highest BCUT2D eigenvalue weighted by Crippen LogP contribution is 2.16. The maximum atomic E-state index is 3.26. The molecule has 0 nitrogen and oxygen atoms in total. The van der Waals surface area contributed by atoms with Crippen LogP contribution in [0.2, 0.25) is 0 Å². The minimum atomic E-state index is 0.981. The molecule has 0 unspecified atom stereocenters. The van der Waals surface area contributed by atoms with Crippen LogP contribution in [0.1, 0.15) is 22.3 Å². The first-order valence-corrected chi connectivity index (χ1v) is 5.28. The van der Waals surface area contributed by atoms with Gasteiger partial charge in [-0.3, -0.25) is 0 Å². The van der Waals surface area contributed by atoms with E-state index in [-0.39, 0.29) is 0 Å². The second-order valence-electron chi connectivity index (χ2n) is 3.92. The molecule has 0 N–H and O–H groups in total. The van der Waals surface area contributed by atoms with Crippen molar-refractivity contribution in [2.24, 2.45) is 0 Å². The van der Waals surface area contributed by atoms with Crippen LogP contribution in [0.25, 0.3) is 0 Å². The lowest BCUT2D eigenvalue weighted by atomic mass is 9.97. The molecule has 0 atom stereocenters. The topological polar surface area (TPSA) is 0 Å². The van der Waals surface area contributed by atoms with Gasteiger partial charge in [0.15, 0.2) is 0 Å². The molecule has 0 aliphatic heterocycles. The van der Waals surface area contributed by atoms with E-state index < -0.39 is 0 Å². The van der Waals surface area contributed by atoms with Gasteiger partial charge in [-0.05, 0) is 48.6 Å². The second kappa shape index (κ2) is 4.31. The zero-order valence-electron chi connectivity index (χ0n) is 9.25. The molecule has 0 heteroatoms. The highest BCUT2D eigenvalue weighted by atomic mass is 14.1. The Morgan fingerprint density at radius 2 is 1.87 bits per heavy atom. The normalized spacial score (nSPS) is 10.3. The van der Waals surface area contributed by atoms with Gasteiger partial charge in [0.25, 0.3) is 0 Å². The first kappa shape index (κ1) is 9.97. The van der Waals surface area contributed by atoms with E-state index in [1.807, 2.05) is 12.1 Å². The van der Waals surface area contributed by atoms with Crippen LogP contribution in [-0.4, -0.2) is 0 Å². The molecule has 0 aliphatic carbocycles. The van der Waals surface area contributed by atoms with Crippen LogP contribution in [0.5, 0.6) is 0 Å². The van der Waals surface area contributed by atoms with E-state index in [0.29, 0.717) is 0 Å². The largest absolute Gasteiger partial charge is 0.0619 e. The van der Waals surface area contributed by atoms with E-state index in [1.54, 1.807) is 0 Å². The Labute approximate surface area is 91.6 Å². The molecule has 0 saturated carbocycles. The SMILES string of the molecule is Cc1cccc(Cc2[c]cccc2)c1C. The van der Waals surface area contributed by atoms with Crippen molar-refractivity contribution in [2.75, 3.05) is 0 Å². The van der Waals surface area contributed by atoms with Crippen LogP contribution in [0.4, 0.5) is 0 Å². The van der Waals surface area contributed by atoms with E-state index in [0.717, 1.165) is 6.42 Å². The minimum absolute atomic E-state index is 0.981. The van der Waals surface area contributed by atoms with Gasteiger partial charge in [-0.25, -0.2) is 0 Å². The molecule has 0 aliphatic rings. The summed E-state index contributed by atoms with van der Waals surface area (Å²) in [6.07, 6.45) is 0.981. The van der Waals surface area contributed by atoms with Gasteiger partial charge in [0.1, 0.15) is 0 Å². The summed E-state index contributed by atoms with van der Waals surface area (Å²) < 4.78 is 0. The fourth-order valence-corrected chi connectivity index (χ4v) is 1.75. The molecule has 2 aromatic rings. The molecule has 0 bridgehead atoms. The monoisotopic (exact) mass is 195 g/mol. The van der Waals surface area contributed by atoms with Crippen molar-refractivity contribution in [2.45, 2.75) is 20.3 Å². The molecule has 2 aromatic carbocycles. The van der Waals surface area contributed by atoms with E-state index >= 15 is 0 Å². The highest BCUT2D eigenvalue weighted by molar-refractivity contribution is 5.36. The van der Waals surface area contributed by atoms with Crippen molar-refractivity contribution in [1.29, 1.82) is 0 Å². The number of aryl methyl sites for hydroxylation is 1.